The average molecular weight is 209 g/mol. The van der Waals surface area contributed by atoms with Crippen molar-refractivity contribution in [3.05, 3.63) is 23.8 Å². The average Bonchev–Trinajstić information content (AvgIpc) is 2.18. The number of aliphatic carboxylic acids is 1. The molecule has 0 radical (unpaired) electrons. The quantitative estimate of drug-likeness (QED) is 0.390. The van der Waals surface area contributed by atoms with E-state index in [1.165, 1.54) is 18.2 Å². The van der Waals surface area contributed by atoms with Crippen LogP contribution in [0.15, 0.2) is 18.2 Å². The molecule has 0 aliphatic rings. The number of hydrogen-bond acceptors (Lipinski definition) is 4. The summed E-state index contributed by atoms with van der Waals surface area (Å²) < 4.78 is 0. The Balaban J connectivity index is 2.81. The Labute approximate surface area is 86.1 Å². The largest absolute Gasteiger partial charge is 0.508 e. The number of carboxylic acid groups (broad SMARTS) is 1. The van der Waals surface area contributed by atoms with Crippen molar-refractivity contribution in [1.29, 1.82) is 0 Å². The number of rotatable bonds is 4. The van der Waals surface area contributed by atoms with Gasteiger partial charge in [0.2, 0.25) is 0 Å². The molecule has 0 bridgehead atoms. The maximum atomic E-state index is 11.5. The van der Waals surface area contributed by atoms with Crippen LogP contribution in [0.2, 0.25) is 0 Å². The van der Waals surface area contributed by atoms with Gasteiger partial charge in [0.1, 0.15) is 5.75 Å². The van der Waals surface area contributed by atoms with E-state index in [0.717, 1.165) is 0 Å². The highest BCUT2D eigenvalue weighted by atomic mass is 16.4. The Bertz CT molecular complexity index is 400. The lowest BCUT2D eigenvalue weighted by Crippen LogP contribution is -2.06. The van der Waals surface area contributed by atoms with E-state index in [1.54, 1.807) is 0 Å². The number of anilines is 1. The lowest BCUT2D eigenvalue weighted by molar-refractivity contribution is -0.136. The van der Waals surface area contributed by atoms with Crippen LogP contribution in [0.25, 0.3) is 0 Å². The van der Waals surface area contributed by atoms with Crippen molar-refractivity contribution in [2.24, 2.45) is 0 Å². The molecule has 4 N–H and O–H groups in total. The van der Waals surface area contributed by atoms with E-state index in [2.05, 4.69) is 0 Å². The van der Waals surface area contributed by atoms with Crippen LogP contribution in [-0.2, 0) is 4.79 Å². The van der Waals surface area contributed by atoms with Crippen molar-refractivity contribution in [2.45, 2.75) is 12.8 Å². The molecule has 0 fully saturated rings. The molecule has 15 heavy (non-hydrogen) atoms. The second-order valence-corrected chi connectivity index (χ2v) is 3.09. The fourth-order valence-corrected chi connectivity index (χ4v) is 1.14. The molecule has 0 aliphatic heterocycles. The molecule has 0 heterocycles. The smallest absolute Gasteiger partial charge is 0.303 e. The SMILES string of the molecule is Nc1ccc(O)cc1C(=O)CCC(=O)O. The number of nitrogen functional groups attached to an aromatic ring is 1. The first-order chi connectivity index (χ1) is 7.00. The van der Waals surface area contributed by atoms with Crippen molar-refractivity contribution < 1.29 is 19.8 Å². The minimum absolute atomic E-state index is 0.0668. The van der Waals surface area contributed by atoms with E-state index in [1.807, 2.05) is 0 Å². The van der Waals surface area contributed by atoms with Crippen molar-refractivity contribution in [3.8, 4) is 5.75 Å². The molecule has 0 aliphatic carbocycles. The summed E-state index contributed by atoms with van der Waals surface area (Å²) in [5.41, 5.74) is 5.92. The maximum absolute atomic E-state index is 11.5. The van der Waals surface area contributed by atoms with E-state index in [4.69, 9.17) is 15.9 Å². The van der Waals surface area contributed by atoms with E-state index in [9.17, 15) is 9.59 Å². The van der Waals surface area contributed by atoms with Gasteiger partial charge in [0.05, 0.1) is 6.42 Å². The van der Waals surface area contributed by atoms with Crippen LogP contribution in [0, 0.1) is 0 Å². The fraction of sp³-hybridized carbons (Fsp3) is 0.200. The molecule has 0 amide bonds. The number of nitrogens with two attached hydrogens (primary N) is 1. The molecule has 0 saturated carbocycles. The summed E-state index contributed by atoms with van der Waals surface area (Å²) in [5, 5.41) is 17.5. The summed E-state index contributed by atoms with van der Waals surface area (Å²) in [6.45, 7) is 0. The predicted molar refractivity (Wildman–Crippen MR) is 53.7 cm³/mol. The topological polar surface area (TPSA) is 101 Å². The molecule has 80 valence electrons. The van der Waals surface area contributed by atoms with Crippen LogP contribution in [0.4, 0.5) is 5.69 Å². The Morgan fingerprint density at radius 3 is 2.53 bits per heavy atom. The lowest BCUT2D eigenvalue weighted by atomic mass is 10.0. The van der Waals surface area contributed by atoms with Crippen LogP contribution < -0.4 is 5.73 Å². The molecule has 1 aromatic carbocycles. The Hall–Kier alpha value is -2.04. The van der Waals surface area contributed by atoms with E-state index in [-0.39, 0.29) is 35.6 Å². The van der Waals surface area contributed by atoms with Crippen LogP contribution in [0.5, 0.6) is 5.75 Å². The Morgan fingerprint density at radius 1 is 1.27 bits per heavy atom. The van der Waals surface area contributed by atoms with Gasteiger partial charge in [-0.15, -0.1) is 0 Å². The van der Waals surface area contributed by atoms with Gasteiger partial charge in [-0.3, -0.25) is 9.59 Å². The number of carbonyl (C=O) groups excluding carboxylic acids is 1. The van der Waals surface area contributed by atoms with Crippen molar-refractivity contribution in [3.63, 3.8) is 0 Å². The van der Waals surface area contributed by atoms with Gasteiger partial charge < -0.3 is 15.9 Å². The number of hydrogen-bond donors (Lipinski definition) is 3. The normalized spacial score (nSPS) is 9.87. The van der Waals surface area contributed by atoms with Gasteiger partial charge in [-0.2, -0.15) is 0 Å². The van der Waals surface area contributed by atoms with Gasteiger partial charge in [0, 0.05) is 17.7 Å². The molecular formula is C10H11NO4. The second kappa shape index (κ2) is 4.45. The molecule has 1 aromatic rings. The first-order valence-corrected chi connectivity index (χ1v) is 4.34. The molecule has 5 nitrogen and oxygen atoms in total. The zero-order chi connectivity index (χ0) is 11.4. The Kier molecular flexibility index (Phi) is 3.28. The standard InChI is InChI=1S/C10H11NO4/c11-8-2-1-6(12)5-7(8)9(13)3-4-10(14)15/h1-2,5,12H,3-4,11H2,(H,14,15). The second-order valence-electron chi connectivity index (χ2n) is 3.09. The third-order valence-electron chi connectivity index (χ3n) is 1.90. The number of phenols is 1. The highest BCUT2D eigenvalue weighted by Crippen LogP contribution is 2.20. The zero-order valence-corrected chi connectivity index (χ0v) is 7.93. The van der Waals surface area contributed by atoms with Crippen molar-refractivity contribution >= 4 is 17.4 Å². The summed E-state index contributed by atoms with van der Waals surface area (Å²) >= 11 is 0. The number of aromatic hydroxyl groups is 1. The molecule has 0 spiro atoms. The number of carbonyl (C=O) groups is 2. The summed E-state index contributed by atoms with van der Waals surface area (Å²) in [6.07, 6.45) is -0.364. The monoisotopic (exact) mass is 209 g/mol. The molecule has 0 saturated heterocycles. The van der Waals surface area contributed by atoms with Gasteiger partial charge >= 0.3 is 5.97 Å². The number of carboxylic acids is 1. The summed E-state index contributed by atoms with van der Waals surface area (Å²) in [4.78, 5) is 21.7. The molecule has 5 heteroatoms. The highest BCUT2D eigenvalue weighted by molar-refractivity contribution is 6.02. The third-order valence-corrected chi connectivity index (χ3v) is 1.90. The van der Waals surface area contributed by atoms with Gasteiger partial charge in [-0.1, -0.05) is 0 Å². The van der Waals surface area contributed by atoms with E-state index >= 15 is 0 Å². The zero-order valence-electron chi connectivity index (χ0n) is 7.93. The highest BCUT2D eigenvalue weighted by Gasteiger charge is 2.12. The van der Waals surface area contributed by atoms with E-state index < -0.39 is 5.97 Å². The predicted octanol–water partition coefficient (Wildman–Crippen LogP) is 1.02. The molecule has 0 aromatic heterocycles. The first kappa shape index (κ1) is 11.0. The van der Waals surface area contributed by atoms with Crippen LogP contribution in [0.1, 0.15) is 23.2 Å². The first-order valence-electron chi connectivity index (χ1n) is 4.34. The van der Waals surface area contributed by atoms with Gasteiger partial charge in [-0.25, -0.2) is 0 Å². The molecule has 0 unspecified atom stereocenters. The van der Waals surface area contributed by atoms with Crippen molar-refractivity contribution in [1.82, 2.24) is 0 Å². The van der Waals surface area contributed by atoms with Gasteiger partial charge in [0.15, 0.2) is 5.78 Å². The molecule has 1 rings (SSSR count). The minimum atomic E-state index is -1.04. The van der Waals surface area contributed by atoms with Gasteiger partial charge in [-0.05, 0) is 18.2 Å². The molecular weight excluding hydrogens is 198 g/mol. The van der Waals surface area contributed by atoms with Gasteiger partial charge in [0.25, 0.3) is 0 Å². The minimum Gasteiger partial charge on any atom is -0.508 e. The summed E-state index contributed by atoms with van der Waals surface area (Å²) in [6, 6.07) is 4.01. The Morgan fingerprint density at radius 2 is 1.93 bits per heavy atom. The molecule has 0 atom stereocenters. The van der Waals surface area contributed by atoms with Crippen LogP contribution in [-0.4, -0.2) is 22.0 Å². The maximum Gasteiger partial charge on any atom is 0.303 e. The number of ketones is 1. The summed E-state index contributed by atoms with van der Waals surface area (Å²) in [7, 11) is 0. The third kappa shape index (κ3) is 2.98. The van der Waals surface area contributed by atoms with Crippen LogP contribution >= 0.6 is 0 Å². The number of Topliss-reactive ketones (excluding diaryl/α,β-unsaturated/α-hetero) is 1. The van der Waals surface area contributed by atoms with Crippen molar-refractivity contribution in [2.75, 3.05) is 5.73 Å². The number of phenolic OH excluding ortho intramolecular Hbond substituents is 1. The summed E-state index contributed by atoms with van der Waals surface area (Å²) in [5.74, 6) is -1.49. The number of benzene rings is 1. The lowest BCUT2D eigenvalue weighted by Gasteiger charge is -2.04. The van der Waals surface area contributed by atoms with Crippen LogP contribution in [0.3, 0.4) is 0 Å². The van der Waals surface area contributed by atoms with E-state index in [0.29, 0.717) is 0 Å². The fourth-order valence-electron chi connectivity index (χ4n) is 1.14.